The summed E-state index contributed by atoms with van der Waals surface area (Å²) in [7, 11) is 0. The molecular weight excluding hydrogens is 378 g/mol. The molecule has 1 heterocycles. The molecule has 29 heavy (non-hydrogen) atoms. The molecule has 1 saturated heterocycles. The van der Waals surface area contributed by atoms with Crippen LogP contribution >= 0.6 is 0 Å². The predicted molar refractivity (Wildman–Crippen MR) is 106 cm³/mol. The van der Waals surface area contributed by atoms with E-state index >= 15 is 0 Å². The zero-order chi connectivity index (χ0) is 20.8. The molecule has 7 heteroatoms. The van der Waals surface area contributed by atoms with Crippen LogP contribution in [0.5, 0.6) is 0 Å². The monoisotopic (exact) mass is 406 g/mol. The van der Waals surface area contributed by atoms with Crippen molar-refractivity contribution in [2.24, 2.45) is 0 Å². The molecule has 2 aliphatic rings. The van der Waals surface area contributed by atoms with E-state index in [9.17, 15) is 18.4 Å². The number of piperazine rings is 1. The zero-order valence-corrected chi connectivity index (χ0v) is 16.6. The lowest BCUT2D eigenvalue weighted by Crippen LogP contribution is -2.47. The third-order valence-corrected chi connectivity index (χ3v) is 5.79. The Hall–Kier alpha value is -1.96. The summed E-state index contributed by atoms with van der Waals surface area (Å²) in [6.07, 6.45) is 3.27. The number of ketones is 2. The number of carbonyl (C=O) groups is 2. The second-order valence-corrected chi connectivity index (χ2v) is 7.76. The molecule has 1 aliphatic carbocycles. The summed E-state index contributed by atoms with van der Waals surface area (Å²) < 4.78 is 27.4. The Morgan fingerprint density at radius 3 is 2.24 bits per heavy atom. The summed E-state index contributed by atoms with van der Waals surface area (Å²) >= 11 is 0. The maximum absolute atomic E-state index is 14.0. The molecule has 1 aliphatic heterocycles. The number of aliphatic hydroxyl groups excluding tert-OH is 1. The molecule has 158 valence electrons. The molecule has 1 aromatic carbocycles. The highest BCUT2D eigenvalue weighted by atomic mass is 19.2. The summed E-state index contributed by atoms with van der Waals surface area (Å²) in [5.41, 5.74) is 0.317. The standard InChI is InChI=1S/C22H28F2N2O3/c23-19-6-3-5-17(22(19)24)16-14-20(28)18(21(29)15-16)4-1-2-7-25-8-10-26(11-9-25)12-13-27/h3-6,16,27H,1-2,7-15H2. The predicted octanol–water partition coefficient (Wildman–Crippen LogP) is 2.30. The van der Waals surface area contributed by atoms with E-state index in [-0.39, 0.29) is 42.2 Å². The van der Waals surface area contributed by atoms with E-state index in [1.165, 1.54) is 12.1 Å². The van der Waals surface area contributed by atoms with E-state index in [2.05, 4.69) is 9.80 Å². The van der Waals surface area contributed by atoms with Gasteiger partial charge in [0.15, 0.2) is 23.2 Å². The Morgan fingerprint density at radius 1 is 1.00 bits per heavy atom. The van der Waals surface area contributed by atoms with Gasteiger partial charge >= 0.3 is 0 Å². The van der Waals surface area contributed by atoms with E-state index in [0.29, 0.717) is 13.0 Å². The van der Waals surface area contributed by atoms with Gasteiger partial charge in [0.25, 0.3) is 0 Å². The SMILES string of the molecule is O=C1CC(c2cccc(F)c2F)CC(=O)C1=CCCCN1CCN(CCO)CC1. The number of β-amino-alcohol motifs (C(OH)–C–C–N with tert-alkyl or cyclic N) is 1. The van der Waals surface area contributed by atoms with Crippen LogP contribution in [-0.2, 0) is 9.59 Å². The van der Waals surface area contributed by atoms with Crippen molar-refractivity contribution in [2.75, 3.05) is 45.9 Å². The third-order valence-electron chi connectivity index (χ3n) is 5.79. The largest absolute Gasteiger partial charge is 0.395 e. The first-order valence-corrected chi connectivity index (χ1v) is 10.3. The van der Waals surface area contributed by atoms with E-state index in [1.54, 1.807) is 6.08 Å². The van der Waals surface area contributed by atoms with Gasteiger partial charge in [-0.3, -0.25) is 14.5 Å². The average molecular weight is 406 g/mol. The number of nitrogens with zero attached hydrogens (tertiary/aromatic N) is 2. The molecule has 3 rings (SSSR count). The van der Waals surface area contributed by atoms with Crippen LogP contribution in [0.2, 0.25) is 0 Å². The van der Waals surface area contributed by atoms with Crippen LogP contribution in [0.1, 0.15) is 37.2 Å². The topological polar surface area (TPSA) is 60.9 Å². The maximum Gasteiger partial charge on any atom is 0.166 e. The molecule has 0 radical (unpaired) electrons. The molecule has 2 fully saturated rings. The lowest BCUT2D eigenvalue weighted by molar-refractivity contribution is -0.124. The first-order chi connectivity index (χ1) is 14.0. The molecule has 0 bridgehead atoms. The van der Waals surface area contributed by atoms with E-state index < -0.39 is 17.6 Å². The molecule has 1 N–H and O–H groups in total. The Balaban J connectivity index is 1.48. The Kier molecular flexibility index (Phi) is 7.64. The number of aliphatic hydroxyl groups is 1. The van der Waals surface area contributed by atoms with E-state index in [4.69, 9.17) is 5.11 Å². The summed E-state index contributed by atoms with van der Waals surface area (Å²) in [5, 5.41) is 8.98. The molecule has 0 unspecified atom stereocenters. The second-order valence-electron chi connectivity index (χ2n) is 7.76. The van der Waals surface area contributed by atoms with Crippen LogP contribution in [-0.4, -0.2) is 72.3 Å². The lowest BCUT2D eigenvalue weighted by Gasteiger charge is -2.34. The fourth-order valence-corrected chi connectivity index (χ4v) is 4.12. The van der Waals surface area contributed by atoms with Gasteiger partial charge in [-0.25, -0.2) is 8.78 Å². The average Bonchev–Trinajstić information content (AvgIpc) is 2.70. The second kappa shape index (κ2) is 10.2. The van der Waals surface area contributed by atoms with Crippen LogP contribution in [0.3, 0.4) is 0 Å². The minimum Gasteiger partial charge on any atom is -0.395 e. The van der Waals surface area contributed by atoms with Crippen LogP contribution in [0, 0.1) is 11.6 Å². The van der Waals surface area contributed by atoms with E-state index in [0.717, 1.165) is 45.2 Å². The highest BCUT2D eigenvalue weighted by molar-refractivity contribution is 6.22. The summed E-state index contributed by atoms with van der Waals surface area (Å²) in [6, 6.07) is 3.87. The highest BCUT2D eigenvalue weighted by Gasteiger charge is 2.32. The van der Waals surface area contributed by atoms with Crippen LogP contribution in [0.25, 0.3) is 0 Å². The van der Waals surface area contributed by atoms with Gasteiger partial charge in [-0.1, -0.05) is 18.2 Å². The van der Waals surface area contributed by atoms with Gasteiger partial charge < -0.3 is 10.0 Å². The smallest absolute Gasteiger partial charge is 0.166 e. The number of Topliss-reactive ketones (excluding diaryl/α,β-unsaturated/α-hetero) is 2. The summed E-state index contributed by atoms with van der Waals surface area (Å²) in [5.74, 6) is -3.09. The fraction of sp³-hybridized carbons (Fsp3) is 0.545. The van der Waals surface area contributed by atoms with Gasteiger partial charge in [0.1, 0.15) is 0 Å². The normalized spacial score (nSPS) is 21.6. The molecule has 0 amide bonds. The van der Waals surface area contributed by atoms with Crippen molar-refractivity contribution in [2.45, 2.75) is 31.6 Å². The van der Waals surface area contributed by atoms with Gasteiger partial charge in [0.2, 0.25) is 0 Å². The fourth-order valence-electron chi connectivity index (χ4n) is 4.12. The molecule has 5 nitrogen and oxygen atoms in total. The lowest BCUT2D eigenvalue weighted by atomic mass is 9.79. The molecule has 1 saturated carbocycles. The minimum absolute atomic E-state index is 0.0325. The zero-order valence-electron chi connectivity index (χ0n) is 16.6. The number of halogens is 2. The van der Waals surface area contributed by atoms with Crippen LogP contribution in [0.15, 0.2) is 29.8 Å². The number of hydrogen-bond acceptors (Lipinski definition) is 5. The van der Waals surface area contributed by atoms with Crippen molar-refractivity contribution in [3.05, 3.63) is 47.0 Å². The van der Waals surface area contributed by atoms with Crippen molar-refractivity contribution in [1.82, 2.24) is 9.80 Å². The van der Waals surface area contributed by atoms with Crippen molar-refractivity contribution < 1.29 is 23.5 Å². The van der Waals surface area contributed by atoms with Crippen molar-refractivity contribution >= 4 is 11.6 Å². The summed E-state index contributed by atoms with van der Waals surface area (Å²) in [4.78, 5) is 29.5. The molecule has 0 atom stereocenters. The Bertz CT molecular complexity index is 753. The van der Waals surface area contributed by atoms with Crippen molar-refractivity contribution in [3.63, 3.8) is 0 Å². The van der Waals surface area contributed by atoms with Crippen LogP contribution < -0.4 is 0 Å². The molecule has 0 aromatic heterocycles. The number of rotatable bonds is 7. The number of hydrogen-bond donors (Lipinski definition) is 1. The number of unbranched alkanes of at least 4 members (excludes halogenated alkanes) is 1. The van der Waals surface area contributed by atoms with Gasteiger partial charge in [0, 0.05) is 51.5 Å². The van der Waals surface area contributed by atoms with Crippen LogP contribution in [0.4, 0.5) is 8.78 Å². The van der Waals surface area contributed by atoms with Crippen molar-refractivity contribution in [1.29, 1.82) is 0 Å². The maximum atomic E-state index is 14.0. The first-order valence-electron chi connectivity index (χ1n) is 10.3. The van der Waals surface area contributed by atoms with Crippen molar-refractivity contribution in [3.8, 4) is 0 Å². The quantitative estimate of drug-likeness (QED) is 0.428. The molecular formula is C22H28F2N2O3. The molecule has 0 spiro atoms. The summed E-state index contributed by atoms with van der Waals surface area (Å²) in [6.45, 7) is 5.58. The number of benzene rings is 1. The van der Waals surface area contributed by atoms with Gasteiger partial charge in [-0.05, 0) is 31.0 Å². The minimum atomic E-state index is -0.968. The van der Waals surface area contributed by atoms with Gasteiger partial charge in [0.05, 0.1) is 12.2 Å². The van der Waals surface area contributed by atoms with E-state index in [1.807, 2.05) is 0 Å². The number of allylic oxidation sites excluding steroid dienone is 2. The Morgan fingerprint density at radius 2 is 1.62 bits per heavy atom. The van der Waals surface area contributed by atoms with Gasteiger partial charge in [-0.15, -0.1) is 0 Å². The molecule has 1 aromatic rings. The first kappa shape index (κ1) is 21.7. The number of carbonyl (C=O) groups excluding carboxylic acids is 2. The van der Waals surface area contributed by atoms with Gasteiger partial charge in [-0.2, -0.15) is 0 Å². The third kappa shape index (κ3) is 5.56. The Labute approximate surface area is 170 Å². The highest BCUT2D eigenvalue weighted by Crippen LogP contribution is 2.33.